The van der Waals surface area contributed by atoms with Gasteiger partial charge in [-0.25, -0.2) is 5.57 Å². The Hall–Kier alpha value is 0.363. The van der Waals surface area contributed by atoms with Crippen molar-refractivity contribution in [1.29, 1.82) is 0 Å². The van der Waals surface area contributed by atoms with Gasteiger partial charge in [-0.1, -0.05) is 26.7 Å². The molecule has 58 valence electrons. The summed E-state index contributed by atoms with van der Waals surface area (Å²) >= 11 is 0. The average molecular weight is 214 g/mol. The molecule has 1 aliphatic carbocycles. The van der Waals surface area contributed by atoms with E-state index in [9.17, 15) is 0 Å². The van der Waals surface area contributed by atoms with E-state index in [-0.39, 0.29) is 29.1 Å². The molecule has 0 fully saturated rings. The maximum atomic E-state index is 3.36. The number of hydrogen-bond acceptors (Lipinski definition) is 0. The summed E-state index contributed by atoms with van der Waals surface area (Å²) in [7, 11) is 0. The van der Waals surface area contributed by atoms with Gasteiger partial charge >= 0.3 is 0 Å². The Kier molecular flexibility index (Phi) is 3.80. The van der Waals surface area contributed by atoms with E-state index in [4.69, 9.17) is 0 Å². The van der Waals surface area contributed by atoms with Gasteiger partial charge in [0.05, 0.1) is 0 Å². The second-order valence-electron chi connectivity index (χ2n) is 2.80. The molecule has 1 rings (SSSR count). The van der Waals surface area contributed by atoms with E-state index in [2.05, 4.69) is 33.8 Å². The fourth-order valence-electron chi connectivity index (χ4n) is 1.16. The van der Waals surface area contributed by atoms with Crippen molar-refractivity contribution < 1.29 is 29.1 Å². The van der Waals surface area contributed by atoms with Gasteiger partial charge in [0.1, 0.15) is 0 Å². The first-order chi connectivity index (χ1) is 4.13. The molecule has 10 heavy (non-hydrogen) atoms. The largest absolute Gasteiger partial charge is 1.00 e. The average Bonchev–Trinajstić information content (AvgIpc) is 1.98. The summed E-state index contributed by atoms with van der Waals surface area (Å²) in [5.41, 5.74) is 4.25. The topological polar surface area (TPSA) is 0 Å². The fraction of sp³-hybridized carbons (Fsp3) is 0.556. The van der Waals surface area contributed by atoms with Crippen molar-refractivity contribution in [1.82, 2.24) is 0 Å². The molecule has 0 saturated carbocycles. The van der Waals surface area contributed by atoms with Gasteiger partial charge in [0.25, 0.3) is 0 Å². The third-order valence-electron chi connectivity index (χ3n) is 2.24. The van der Waals surface area contributed by atoms with Crippen molar-refractivity contribution in [3.05, 3.63) is 22.8 Å². The van der Waals surface area contributed by atoms with Crippen LogP contribution >= 0.6 is 0 Å². The van der Waals surface area contributed by atoms with Gasteiger partial charge in [-0.3, -0.25) is 6.08 Å². The van der Waals surface area contributed by atoms with Crippen LogP contribution in [0.2, 0.25) is 0 Å². The predicted octanol–water partition coefficient (Wildman–Crippen LogP) is 2.94. The molecule has 0 saturated heterocycles. The van der Waals surface area contributed by atoms with Crippen LogP contribution in [0, 0.1) is 12.0 Å². The maximum Gasteiger partial charge on any atom is 0 e. The van der Waals surface area contributed by atoms with Crippen LogP contribution in [-0.2, 0) is 26.2 Å². The van der Waals surface area contributed by atoms with E-state index in [0.29, 0.717) is 5.92 Å². The zero-order valence-corrected chi connectivity index (χ0v) is 9.54. The molecule has 0 aromatic heterocycles. The summed E-state index contributed by atoms with van der Waals surface area (Å²) in [5.74, 6) is 0.560. The van der Waals surface area contributed by atoms with Crippen LogP contribution < -0.4 is 0 Å². The normalized spacial score (nSPS) is 24.4. The van der Waals surface area contributed by atoms with Gasteiger partial charge in [-0.05, 0) is 0 Å². The maximum absolute atomic E-state index is 3.36. The molecule has 0 aliphatic heterocycles. The minimum Gasteiger partial charge on any atom is -1.00 e. The summed E-state index contributed by atoms with van der Waals surface area (Å²) in [5, 5.41) is 0. The van der Waals surface area contributed by atoms with E-state index in [1.165, 1.54) is 16.7 Å². The minimum atomic E-state index is 0. The van der Waals surface area contributed by atoms with Gasteiger partial charge < -0.3 is 2.85 Å². The Labute approximate surface area is 85.5 Å². The third kappa shape index (κ3) is 1.69. The Morgan fingerprint density at radius 3 is 1.90 bits per heavy atom. The summed E-state index contributed by atoms with van der Waals surface area (Å²) in [6.07, 6.45) is 3.36. The fourth-order valence-corrected chi connectivity index (χ4v) is 1.16. The molecule has 0 nitrogen and oxygen atoms in total. The molecule has 1 atom stereocenters. The molecule has 0 spiro atoms. The standard InChI is InChI=1S/C9H13.Zr.2H/c1-6-5-7(2)9(4)8(6)3;;;/h6H,1-4H3;;;/q-1;;2*-1. The number of allylic oxidation sites excluding steroid dienone is 4. The van der Waals surface area contributed by atoms with Crippen LogP contribution in [-0.4, -0.2) is 0 Å². The van der Waals surface area contributed by atoms with Crippen molar-refractivity contribution >= 4 is 0 Å². The molecule has 0 aromatic rings. The summed E-state index contributed by atoms with van der Waals surface area (Å²) in [6.45, 7) is 8.67. The van der Waals surface area contributed by atoms with Crippen LogP contribution in [0.4, 0.5) is 0 Å². The third-order valence-corrected chi connectivity index (χ3v) is 2.24. The van der Waals surface area contributed by atoms with Crippen molar-refractivity contribution in [2.75, 3.05) is 0 Å². The summed E-state index contributed by atoms with van der Waals surface area (Å²) in [4.78, 5) is 0. The first-order valence-electron chi connectivity index (χ1n) is 3.40. The quantitative estimate of drug-likeness (QED) is 0.544. The van der Waals surface area contributed by atoms with Crippen LogP contribution in [0.15, 0.2) is 16.7 Å². The van der Waals surface area contributed by atoms with Crippen LogP contribution in [0.5, 0.6) is 0 Å². The Balaban J connectivity index is -0.000000270. The van der Waals surface area contributed by atoms with Gasteiger partial charge in [0.15, 0.2) is 0 Å². The second kappa shape index (κ2) is 3.67. The number of rotatable bonds is 0. The van der Waals surface area contributed by atoms with E-state index in [1.54, 1.807) is 0 Å². The first-order valence-corrected chi connectivity index (χ1v) is 3.40. The number of hydrogen-bond donors (Lipinski definition) is 0. The smallest absolute Gasteiger partial charge is 0 e. The van der Waals surface area contributed by atoms with Gasteiger partial charge in [-0.2, -0.15) is 11.1 Å². The molecule has 0 aromatic carbocycles. The monoisotopic (exact) mass is 213 g/mol. The molecule has 0 N–H and O–H groups in total. The molecule has 0 heterocycles. The molecule has 0 bridgehead atoms. The Morgan fingerprint density at radius 2 is 1.80 bits per heavy atom. The predicted molar refractivity (Wildman–Crippen MR) is 42.2 cm³/mol. The van der Waals surface area contributed by atoms with Gasteiger partial charge in [0, 0.05) is 26.2 Å². The summed E-state index contributed by atoms with van der Waals surface area (Å²) in [6, 6.07) is 0. The zero-order chi connectivity index (χ0) is 7.02. The molecule has 1 aliphatic rings. The molecule has 0 amide bonds. The molecular weight excluding hydrogens is 199 g/mol. The SMILES string of the molecule is CC1=[C-]C(C)C(C)=C1C.[H-].[H-].[Zr]. The molecule has 1 unspecified atom stereocenters. The van der Waals surface area contributed by atoms with Crippen molar-refractivity contribution in [3.8, 4) is 0 Å². The zero-order valence-electron chi connectivity index (χ0n) is 9.08. The Morgan fingerprint density at radius 1 is 1.30 bits per heavy atom. The summed E-state index contributed by atoms with van der Waals surface area (Å²) < 4.78 is 0. The van der Waals surface area contributed by atoms with E-state index >= 15 is 0 Å². The van der Waals surface area contributed by atoms with Crippen LogP contribution in [0.1, 0.15) is 30.5 Å². The van der Waals surface area contributed by atoms with E-state index < -0.39 is 0 Å². The van der Waals surface area contributed by atoms with Crippen molar-refractivity contribution in [2.24, 2.45) is 5.92 Å². The molecular formula is C9H15Zr-3. The van der Waals surface area contributed by atoms with Gasteiger partial charge in [-0.15, -0.1) is 6.92 Å². The first kappa shape index (κ1) is 10.4. The van der Waals surface area contributed by atoms with E-state index in [0.717, 1.165) is 0 Å². The Bertz CT molecular complexity index is 195. The molecule has 1 heteroatoms. The van der Waals surface area contributed by atoms with Crippen LogP contribution in [0.25, 0.3) is 0 Å². The van der Waals surface area contributed by atoms with Crippen LogP contribution in [0.3, 0.4) is 0 Å². The minimum absolute atomic E-state index is 0. The van der Waals surface area contributed by atoms with Crippen molar-refractivity contribution in [3.63, 3.8) is 0 Å². The second-order valence-corrected chi connectivity index (χ2v) is 2.80. The van der Waals surface area contributed by atoms with E-state index in [1.807, 2.05) is 0 Å². The van der Waals surface area contributed by atoms with Gasteiger partial charge in [0.2, 0.25) is 0 Å². The van der Waals surface area contributed by atoms with Crippen molar-refractivity contribution in [2.45, 2.75) is 27.7 Å². The molecule has 0 radical (unpaired) electrons.